The normalized spacial score (nSPS) is 29.4. The average molecular weight is 295 g/mol. The first-order valence-corrected chi connectivity index (χ1v) is 9.03. The SMILES string of the molecule is CC(CO)(CN1CCC(N2CCCCC2)CC1)NC1CC1. The minimum Gasteiger partial charge on any atom is -0.394 e. The van der Waals surface area contributed by atoms with Crippen molar-refractivity contribution in [3.8, 4) is 0 Å². The van der Waals surface area contributed by atoms with Crippen LogP contribution in [0.2, 0.25) is 0 Å². The summed E-state index contributed by atoms with van der Waals surface area (Å²) in [7, 11) is 0. The highest BCUT2D eigenvalue weighted by atomic mass is 16.3. The lowest BCUT2D eigenvalue weighted by Crippen LogP contribution is -2.57. The van der Waals surface area contributed by atoms with Gasteiger partial charge in [-0.3, -0.25) is 0 Å². The zero-order chi connectivity index (χ0) is 14.7. The first-order valence-electron chi connectivity index (χ1n) is 9.03. The third-order valence-corrected chi connectivity index (χ3v) is 5.52. The molecule has 1 unspecified atom stereocenters. The Morgan fingerprint density at radius 2 is 1.67 bits per heavy atom. The molecule has 3 aliphatic rings. The number of hydrogen-bond donors (Lipinski definition) is 2. The van der Waals surface area contributed by atoms with Crippen LogP contribution in [0.4, 0.5) is 0 Å². The standard InChI is InChI=1S/C17H33N3O/c1-17(14-21,18-15-5-6-15)13-19-11-7-16(8-12-19)20-9-3-2-4-10-20/h15-16,18,21H,2-14H2,1H3. The second-order valence-corrected chi connectivity index (χ2v) is 7.74. The third kappa shape index (κ3) is 4.41. The molecule has 4 nitrogen and oxygen atoms in total. The van der Waals surface area contributed by atoms with Crippen LogP contribution in [-0.4, -0.2) is 71.9 Å². The molecule has 4 heteroatoms. The summed E-state index contributed by atoms with van der Waals surface area (Å²) in [5.74, 6) is 0. The van der Waals surface area contributed by atoms with Gasteiger partial charge in [0.25, 0.3) is 0 Å². The molecular formula is C17H33N3O. The van der Waals surface area contributed by atoms with Crippen molar-refractivity contribution in [3.63, 3.8) is 0 Å². The molecule has 0 bridgehead atoms. The number of nitrogens with one attached hydrogen (secondary N) is 1. The van der Waals surface area contributed by atoms with E-state index in [0.29, 0.717) is 6.04 Å². The van der Waals surface area contributed by atoms with Crippen LogP contribution in [0.15, 0.2) is 0 Å². The molecule has 2 heterocycles. The van der Waals surface area contributed by atoms with Crippen molar-refractivity contribution in [1.29, 1.82) is 0 Å². The van der Waals surface area contributed by atoms with E-state index in [0.717, 1.165) is 12.6 Å². The number of rotatable bonds is 6. The smallest absolute Gasteiger partial charge is 0.0623 e. The Kier molecular flexibility index (Phi) is 5.20. The molecule has 0 aromatic rings. The monoisotopic (exact) mass is 295 g/mol. The van der Waals surface area contributed by atoms with Gasteiger partial charge in [-0.15, -0.1) is 0 Å². The van der Waals surface area contributed by atoms with E-state index < -0.39 is 0 Å². The zero-order valence-corrected chi connectivity index (χ0v) is 13.7. The maximum absolute atomic E-state index is 9.75. The summed E-state index contributed by atoms with van der Waals surface area (Å²) in [6, 6.07) is 1.48. The van der Waals surface area contributed by atoms with E-state index in [4.69, 9.17) is 0 Å². The van der Waals surface area contributed by atoms with Crippen LogP contribution in [-0.2, 0) is 0 Å². The van der Waals surface area contributed by atoms with Crippen LogP contribution < -0.4 is 5.32 Å². The van der Waals surface area contributed by atoms with Crippen LogP contribution in [0.25, 0.3) is 0 Å². The van der Waals surface area contributed by atoms with Crippen molar-refractivity contribution in [3.05, 3.63) is 0 Å². The van der Waals surface area contributed by atoms with Gasteiger partial charge in [0.2, 0.25) is 0 Å². The van der Waals surface area contributed by atoms with Gasteiger partial charge in [0.15, 0.2) is 0 Å². The van der Waals surface area contributed by atoms with Gasteiger partial charge >= 0.3 is 0 Å². The van der Waals surface area contributed by atoms with Gasteiger partial charge in [0.1, 0.15) is 0 Å². The molecule has 0 spiro atoms. The van der Waals surface area contributed by atoms with Gasteiger partial charge in [-0.2, -0.15) is 0 Å². The maximum Gasteiger partial charge on any atom is 0.0623 e. The number of likely N-dealkylation sites (tertiary alicyclic amines) is 2. The third-order valence-electron chi connectivity index (χ3n) is 5.52. The van der Waals surface area contributed by atoms with Crippen LogP contribution in [0.1, 0.15) is 51.9 Å². The van der Waals surface area contributed by atoms with Crippen molar-refractivity contribution in [2.75, 3.05) is 39.3 Å². The molecule has 0 radical (unpaired) electrons. The molecule has 1 aliphatic carbocycles. The minimum absolute atomic E-state index is 0.112. The van der Waals surface area contributed by atoms with Crippen molar-refractivity contribution < 1.29 is 5.11 Å². The molecule has 1 atom stereocenters. The maximum atomic E-state index is 9.75. The van der Waals surface area contributed by atoms with Crippen LogP contribution in [0.3, 0.4) is 0 Å². The van der Waals surface area contributed by atoms with E-state index in [1.165, 1.54) is 71.1 Å². The second kappa shape index (κ2) is 6.95. The average Bonchev–Trinajstić information content (AvgIpc) is 3.32. The molecule has 0 aromatic carbocycles. The van der Waals surface area contributed by atoms with Crippen molar-refractivity contribution >= 4 is 0 Å². The lowest BCUT2D eigenvalue weighted by atomic mass is 9.97. The van der Waals surface area contributed by atoms with Gasteiger partial charge in [-0.25, -0.2) is 0 Å². The Morgan fingerprint density at radius 1 is 1.00 bits per heavy atom. The Morgan fingerprint density at radius 3 is 2.24 bits per heavy atom. The summed E-state index contributed by atoms with van der Waals surface area (Å²) in [6.45, 7) is 8.46. The quantitative estimate of drug-likeness (QED) is 0.778. The lowest BCUT2D eigenvalue weighted by Gasteiger charge is -2.42. The van der Waals surface area contributed by atoms with Crippen molar-refractivity contribution in [2.24, 2.45) is 0 Å². The highest BCUT2D eigenvalue weighted by Crippen LogP contribution is 2.25. The van der Waals surface area contributed by atoms with Gasteiger partial charge in [-0.05, 0) is 71.6 Å². The number of nitrogens with zero attached hydrogens (tertiary/aromatic N) is 2. The fourth-order valence-corrected chi connectivity index (χ4v) is 4.08. The summed E-state index contributed by atoms with van der Waals surface area (Å²) in [5.41, 5.74) is -0.112. The summed E-state index contributed by atoms with van der Waals surface area (Å²) in [6.07, 6.45) is 9.41. The highest BCUT2D eigenvalue weighted by molar-refractivity contribution is 4.95. The number of aliphatic hydroxyl groups is 1. The van der Waals surface area contributed by atoms with E-state index >= 15 is 0 Å². The fraction of sp³-hybridized carbons (Fsp3) is 1.00. The molecule has 2 aliphatic heterocycles. The molecule has 0 amide bonds. The molecule has 0 aromatic heterocycles. The summed E-state index contributed by atoms with van der Waals surface area (Å²) >= 11 is 0. The zero-order valence-electron chi connectivity index (χ0n) is 13.7. The largest absolute Gasteiger partial charge is 0.394 e. The number of hydrogen-bond acceptors (Lipinski definition) is 4. The van der Waals surface area contributed by atoms with E-state index in [9.17, 15) is 5.11 Å². The molecule has 2 N–H and O–H groups in total. The van der Waals surface area contributed by atoms with E-state index in [-0.39, 0.29) is 12.1 Å². The second-order valence-electron chi connectivity index (χ2n) is 7.74. The molecule has 2 saturated heterocycles. The Labute approximate surface area is 129 Å². The van der Waals surface area contributed by atoms with Gasteiger partial charge in [-0.1, -0.05) is 6.42 Å². The van der Waals surface area contributed by atoms with E-state index in [2.05, 4.69) is 22.0 Å². The molecule has 3 rings (SSSR count). The van der Waals surface area contributed by atoms with Gasteiger partial charge in [0, 0.05) is 18.6 Å². The lowest BCUT2D eigenvalue weighted by molar-refractivity contribution is 0.0639. The minimum atomic E-state index is -0.112. The topological polar surface area (TPSA) is 38.7 Å². The Balaban J connectivity index is 1.43. The summed E-state index contributed by atoms with van der Waals surface area (Å²) in [5, 5.41) is 13.4. The number of piperidine rings is 2. The Hall–Kier alpha value is -0.160. The first kappa shape index (κ1) is 15.7. The number of aliphatic hydroxyl groups excluding tert-OH is 1. The predicted molar refractivity (Wildman–Crippen MR) is 86.5 cm³/mol. The molecular weight excluding hydrogens is 262 g/mol. The summed E-state index contributed by atoms with van der Waals surface area (Å²) in [4.78, 5) is 5.29. The fourth-order valence-electron chi connectivity index (χ4n) is 4.08. The first-order chi connectivity index (χ1) is 10.2. The van der Waals surface area contributed by atoms with Crippen LogP contribution >= 0.6 is 0 Å². The van der Waals surface area contributed by atoms with Crippen molar-refractivity contribution in [2.45, 2.75) is 69.5 Å². The van der Waals surface area contributed by atoms with E-state index in [1.807, 2.05) is 0 Å². The molecule has 1 saturated carbocycles. The predicted octanol–water partition coefficient (Wildman–Crippen LogP) is 1.44. The van der Waals surface area contributed by atoms with E-state index in [1.54, 1.807) is 0 Å². The Bertz CT molecular complexity index is 320. The molecule has 21 heavy (non-hydrogen) atoms. The molecule has 122 valence electrons. The summed E-state index contributed by atoms with van der Waals surface area (Å²) < 4.78 is 0. The highest BCUT2D eigenvalue weighted by Gasteiger charge is 2.35. The van der Waals surface area contributed by atoms with Crippen LogP contribution in [0, 0.1) is 0 Å². The molecule has 3 fully saturated rings. The van der Waals surface area contributed by atoms with Gasteiger partial charge in [0.05, 0.1) is 12.1 Å². The van der Waals surface area contributed by atoms with Crippen molar-refractivity contribution in [1.82, 2.24) is 15.1 Å². The van der Waals surface area contributed by atoms with Gasteiger partial charge < -0.3 is 20.2 Å². The van der Waals surface area contributed by atoms with Crippen LogP contribution in [0.5, 0.6) is 0 Å².